The van der Waals surface area contributed by atoms with Crippen LogP contribution in [0.3, 0.4) is 0 Å². The van der Waals surface area contributed by atoms with E-state index in [-0.39, 0.29) is 5.91 Å². The van der Waals surface area contributed by atoms with Crippen LogP contribution in [-0.2, 0) is 0 Å². The minimum atomic E-state index is -1.41. The predicted octanol–water partition coefficient (Wildman–Crippen LogP) is 2.49. The summed E-state index contributed by atoms with van der Waals surface area (Å²) in [5.74, 6) is 2.96. The first kappa shape index (κ1) is 10.8. The largest absolute Gasteiger partial charge is 0.278 e. The van der Waals surface area contributed by atoms with Gasteiger partial charge in [0.25, 0.3) is 5.91 Å². The molecule has 2 rings (SSSR count). The van der Waals surface area contributed by atoms with Crippen LogP contribution in [0.4, 0.5) is 0 Å². The van der Waals surface area contributed by atoms with Gasteiger partial charge in [0.15, 0.2) is 0 Å². The topological polar surface area (TPSA) is 29.4 Å². The average Bonchev–Trinajstić information content (AvgIpc) is 2.57. The van der Waals surface area contributed by atoms with Crippen molar-refractivity contribution in [3.63, 3.8) is 0 Å². The molecule has 0 radical (unpaired) electrons. The van der Waals surface area contributed by atoms with Crippen molar-refractivity contribution in [3.05, 3.63) is 34.9 Å². The standard InChI is InChI=1S/C13H13NOSi/c1-16(2,3)8-7-10-5-4-6-11-9-14-13(15)12(10)11/h4-6,9H,1-3H3. The molecule has 0 N–H and O–H groups in total. The third-order valence-electron chi connectivity index (χ3n) is 2.20. The molecule has 0 aliphatic carbocycles. The summed E-state index contributed by atoms with van der Waals surface area (Å²) in [5, 5.41) is 0. The zero-order valence-electron chi connectivity index (χ0n) is 9.66. The van der Waals surface area contributed by atoms with Crippen LogP contribution < -0.4 is 0 Å². The Kier molecular flexibility index (Phi) is 2.53. The summed E-state index contributed by atoms with van der Waals surface area (Å²) in [6, 6.07) is 5.69. The Balaban J connectivity index is 2.49. The quantitative estimate of drug-likeness (QED) is 0.494. The normalized spacial score (nSPS) is 13.3. The molecule has 0 bridgehead atoms. The van der Waals surface area contributed by atoms with Crippen LogP contribution in [-0.4, -0.2) is 20.2 Å². The minimum absolute atomic E-state index is 0.171. The Bertz CT molecular complexity index is 541. The molecule has 0 fully saturated rings. The molecule has 0 saturated heterocycles. The third-order valence-corrected chi connectivity index (χ3v) is 3.08. The van der Waals surface area contributed by atoms with E-state index in [0.29, 0.717) is 5.56 Å². The number of carbonyl (C=O) groups excluding carboxylic acids is 1. The molecule has 1 aromatic carbocycles. The number of aliphatic imine (C=N–C) groups is 1. The maximum atomic E-state index is 11.6. The maximum Gasteiger partial charge on any atom is 0.278 e. The van der Waals surface area contributed by atoms with E-state index in [4.69, 9.17) is 0 Å². The van der Waals surface area contributed by atoms with Gasteiger partial charge in [0.1, 0.15) is 8.07 Å². The van der Waals surface area contributed by atoms with Gasteiger partial charge in [0, 0.05) is 17.3 Å². The van der Waals surface area contributed by atoms with Gasteiger partial charge in [-0.05, 0) is 6.07 Å². The number of hydrogen-bond acceptors (Lipinski definition) is 1. The molecule has 0 spiro atoms. The summed E-state index contributed by atoms with van der Waals surface area (Å²) in [6.07, 6.45) is 1.61. The molecule has 2 nitrogen and oxygen atoms in total. The van der Waals surface area contributed by atoms with Gasteiger partial charge < -0.3 is 0 Å². The molecule has 1 aromatic rings. The first-order chi connectivity index (χ1) is 7.47. The number of amides is 1. The van der Waals surface area contributed by atoms with Gasteiger partial charge in [0.05, 0.1) is 5.56 Å². The maximum absolute atomic E-state index is 11.6. The number of fused-ring (bicyclic) bond motifs is 1. The molecule has 1 amide bonds. The lowest BCUT2D eigenvalue weighted by Gasteiger charge is -2.04. The van der Waals surface area contributed by atoms with Crippen LogP contribution in [0, 0.1) is 11.5 Å². The minimum Gasteiger partial charge on any atom is -0.267 e. The molecule has 3 heteroatoms. The van der Waals surface area contributed by atoms with Crippen molar-refractivity contribution < 1.29 is 4.79 Å². The molecule has 1 aliphatic heterocycles. The second-order valence-corrected chi connectivity index (χ2v) is 9.58. The first-order valence-electron chi connectivity index (χ1n) is 5.22. The van der Waals surface area contributed by atoms with Crippen molar-refractivity contribution in [3.8, 4) is 11.5 Å². The fraction of sp³-hybridized carbons (Fsp3) is 0.231. The summed E-state index contributed by atoms with van der Waals surface area (Å²) in [4.78, 5) is 15.3. The number of carbonyl (C=O) groups is 1. The zero-order chi connectivity index (χ0) is 11.8. The molecule has 0 unspecified atom stereocenters. The van der Waals surface area contributed by atoms with Gasteiger partial charge in [-0.3, -0.25) is 4.79 Å². The van der Waals surface area contributed by atoms with Crippen molar-refractivity contribution in [2.75, 3.05) is 0 Å². The first-order valence-corrected chi connectivity index (χ1v) is 8.72. The molecule has 0 aromatic heterocycles. The number of benzene rings is 1. The van der Waals surface area contributed by atoms with E-state index >= 15 is 0 Å². The van der Waals surface area contributed by atoms with Crippen LogP contribution in [0.5, 0.6) is 0 Å². The van der Waals surface area contributed by atoms with Gasteiger partial charge in [0.2, 0.25) is 0 Å². The highest BCUT2D eigenvalue weighted by Gasteiger charge is 2.18. The highest BCUT2D eigenvalue weighted by Crippen LogP contribution is 2.18. The molecular formula is C13H13NOSi. The molecule has 1 aliphatic rings. The fourth-order valence-electron chi connectivity index (χ4n) is 1.47. The van der Waals surface area contributed by atoms with Gasteiger partial charge >= 0.3 is 0 Å². The highest BCUT2D eigenvalue weighted by molar-refractivity contribution is 6.83. The monoisotopic (exact) mass is 227 g/mol. The Morgan fingerprint density at radius 3 is 2.69 bits per heavy atom. The Hall–Kier alpha value is -1.66. The lowest BCUT2D eigenvalue weighted by molar-refractivity contribution is 0.101. The van der Waals surface area contributed by atoms with E-state index in [1.54, 1.807) is 6.21 Å². The molecule has 0 atom stereocenters. The summed E-state index contributed by atoms with van der Waals surface area (Å²) >= 11 is 0. The van der Waals surface area contributed by atoms with E-state index in [0.717, 1.165) is 11.1 Å². The predicted molar refractivity (Wildman–Crippen MR) is 68.6 cm³/mol. The van der Waals surface area contributed by atoms with Gasteiger partial charge in [-0.2, -0.15) is 0 Å². The molecule has 0 saturated carbocycles. The van der Waals surface area contributed by atoms with E-state index in [9.17, 15) is 4.79 Å². The van der Waals surface area contributed by atoms with Crippen LogP contribution in [0.15, 0.2) is 23.2 Å². The van der Waals surface area contributed by atoms with Crippen molar-refractivity contribution in [2.45, 2.75) is 19.6 Å². The average molecular weight is 227 g/mol. The van der Waals surface area contributed by atoms with Crippen LogP contribution >= 0.6 is 0 Å². The lowest BCUT2D eigenvalue weighted by atomic mass is 10.0. The Morgan fingerprint density at radius 2 is 2.00 bits per heavy atom. The van der Waals surface area contributed by atoms with Crippen molar-refractivity contribution >= 4 is 20.2 Å². The highest BCUT2D eigenvalue weighted by atomic mass is 28.3. The summed E-state index contributed by atoms with van der Waals surface area (Å²) in [6.45, 7) is 6.55. The number of rotatable bonds is 0. The molecule has 1 heterocycles. The van der Waals surface area contributed by atoms with Crippen molar-refractivity contribution in [2.24, 2.45) is 4.99 Å². The second kappa shape index (κ2) is 3.73. The summed E-state index contributed by atoms with van der Waals surface area (Å²) in [5.41, 5.74) is 5.62. The molecule has 16 heavy (non-hydrogen) atoms. The van der Waals surface area contributed by atoms with Crippen LogP contribution in [0.2, 0.25) is 19.6 Å². The van der Waals surface area contributed by atoms with Crippen LogP contribution in [0.25, 0.3) is 0 Å². The Morgan fingerprint density at radius 1 is 1.25 bits per heavy atom. The van der Waals surface area contributed by atoms with Crippen molar-refractivity contribution in [1.82, 2.24) is 0 Å². The number of nitrogens with zero attached hydrogens (tertiary/aromatic N) is 1. The SMILES string of the molecule is C[Si](C)(C)C#Cc1cccc2c1C(=O)N=C2. The van der Waals surface area contributed by atoms with E-state index in [1.807, 2.05) is 18.2 Å². The lowest BCUT2D eigenvalue weighted by Crippen LogP contribution is -2.16. The third kappa shape index (κ3) is 2.12. The fourth-order valence-corrected chi connectivity index (χ4v) is 1.98. The summed E-state index contributed by atoms with van der Waals surface area (Å²) < 4.78 is 0. The van der Waals surface area contributed by atoms with E-state index in [1.165, 1.54) is 0 Å². The smallest absolute Gasteiger partial charge is 0.267 e. The molecule has 80 valence electrons. The Labute approximate surface area is 96.4 Å². The number of hydrogen-bond donors (Lipinski definition) is 0. The van der Waals surface area contributed by atoms with Crippen molar-refractivity contribution in [1.29, 1.82) is 0 Å². The summed E-state index contributed by atoms with van der Waals surface area (Å²) in [7, 11) is -1.41. The zero-order valence-corrected chi connectivity index (χ0v) is 10.7. The van der Waals surface area contributed by atoms with E-state index < -0.39 is 8.07 Å². The van der Waals surface area contributed by atoms with Gasteiger partial charge in [-0.15, -0.1) is 5.54 Å². The van der Waals surface area contributed by atoms with E-state index in [2.05, 4.69) is 36.1 Å². The van der Waals surface area contributed by atoms with Crippen LogP contribution in [0.1, 0.15) is 21.5 Å². The molecular weight excluding hydrogens is 214 g/mol. The van der Waals surface area contributed by atoms with Gasteiger partial charge in [-0.1, -0.05) is 37.7 Å². The second-order valence-electron chi connectivity index (χ2n) is 4.83. The van der Waals surface area contributed by atoms with Gasteiger partial charge in [-0.25, -0.2) is 4.99 Å².